The summed E-state index contributed by atoms with van der Waals surface area (Å²) in [6.07, 6.45) is 0. The molecule has 24 nitrogen and oxygen atoms in total. The van der Waals surface area contributed by atoms with Crippen molar-refractivity contribution < 1.29 is 86.5 Å². The number of pyridine rings is 3. The van der Waals surface area contributed by atoms with Gasteiger partial charge in [0, 0.05) is 114 Å². The van der Waals surface area contributed by atoms with E-state index in [0.29, 0.717) is 226 Å². The van der Waals surface area contributed by atoms with Gasteiger partial charge >= 0.3 is 17.9 Å². The first-order valence-corrected chi connectivity index (χ1v) is 31.5. The highest BCUT2D eigenvalue weighted by Gasteiger charge is 2.22. The molecule has 0 amide bonds. The fourth-order valence-corrected chi connectivity index (χ4v) is 9.28. The number of carboxylic acids is 3. The highest BCUT2D eigenvalue weighted by atomic mass is 16.6. The van der Waals surface area contributed by atoms with Gasteiger partial charge < -0.3 is 72.2 Å². The molecule has 0 spiro atoms. The Morgan fingerprint density at radius 2 is 0.542 bits per heavy atom. The minimum atomic E-state index is -1.21. The Bertz CT molecular complexity index is 3160. The lowest BCUT2D eigenvalue weighted by molar-refractivity contribution is 0.0180. The van der Waals surface area contributed by atoms with Crippen molar-refractivity contribution in [3.63, 3.8) is 0 Å². The summed E-state index contributed by atoms with van der Waals surface area (Å²) in [4.78, 5) is 57.9. The smallest absolute Gasteiger partial charge is 0.354 e. The molecule has 1 aliphatic heterocycles. The summed E-state index contributed by atoms with van der Waals surface area (Å²) in [5, 5.41) is 30.8. The Balaban J connectivity index is 1.06. The minimum absolute atomic E-state index is 0.164. The van der Waals surface area contributed by atoms with E-state index in [2.05, 4.69) is 65.2 Å². The zero-order valence-corrected chi connectivity index (χ0v) is 54.6. The average molecular weight is 1320 g/mol. The van der Waals surface area contributed by atoms with E-state index in [1.165, 1.54) is 18.2 Å². The number of carbonyl (C=O) groups is 3. The number of nitrogens with zero attached hydrogens (tertiary/aromatic N) is 6. The maximum atomic E-state index is 12.6. The quantitative estimate of drug-likeness (QED) is 0.0288. The second-order valence-electron chi connectivity index (χ2n) is 21.5. The van der Waals surface area contributed by atoms with Crippen molar-refractivity contribution in [2.45, 2.75) is 19.6 Å². The Kier molecular flexibility index (Phi) is 33.6. The molecule has 3 aromatic carbocycles. The summed E-state index contributed by atoms with van der Waals surface area (Å²) in [5.41, 5.74) is 4.38. The van der Waals surface area contributed by atoms with Crippen LogP contribution < -0.4 is 14.2 Å². The Hall–Kier alpha value is -8.88. The topological polar surface area (TPSA) is 271 Å². The predicted molar refractivity (Wildman–Crippen MR) is 354 cm³/mol. The van der Waals surface area contributed by atoms with Crippen LogP contribution in [0, 0.1) is 35.5 Å². The van der Waals surface area contributed by atoms with Crippen LogP contribution in [-0.4, -0.2) is 242 Å². The van der Waals surface area contributed by atoms with Crippen LogP contribution in [0.3, 0.4) is 0 Å². The van der Waals surface area contributed by atoms with Crippen molar-refractivity contribution in [3.05, 3.63) is 177 Å². The van der Waals surface area contributed by atoms with Crippen LogP contribution in [0.4, 0.5) is 0 Å². The molecule has 510 valence electrons. The highest BCUT2D eigenvalue weighted by Crippen LogP contribution is 2.19. The van der Waals surface area contributed by atoms with E-state index in [4.69, 9.17) is 56.8 Å². The molecule has 0 atom stereocenters. The maximum absolute atomic E-state index is 12.6. The number of rotatable bonds is 39. The van der Waals surface area contributed by atoms with Crippen LogP contribution >= 0.6 is 0 Å². The fourth-order valence-electron chi connectivity index (χ4n) is 9.28. The Morgan fingerprint density at radius 1 is 0.323 bits per heavy atom. The molecule has 0 unspecified atom stereocenters. The molecule has 96 heavy (non-hydrogen) atoms. The normalized spacial score (nSPS) is 12.8. The van der Waals surface area contributed by atoms with Crippen LogP contribution in [0.2, 0.25) is 0 Å². The average Bonchev–Trinajstić information content (AvgIpc) is 1.16. The summed E-state index contributed by atoms with van der Waals surface area (Å²) in [5.74, 6) is 17.1. The maximum Gasteiger partial charge on any atom is 0.354 e. The third-order valence-electron chi connectivity index (χ3n) is 14.2. The summed E-state index contributed by atoms with van der Waals surface area (Å²) < 4.78 is 65.4. The third kappa shape index (κ3) is 29.0. The highest BCUT2D eigenvalue weighted by molar-refractivity contribution is 5.87. The van der Waals surface area contributed by atoms with E-state index in [1.807, 2.05) is 36.4 Å². The van der Waals surface area contributed by atoms with Crippen LogP contribution in [0.1, 0.15) is 81.9 Å². The number of methoxy groups -OCH3 is 3. The van der Waals surface area contributed by atoms with Gasteiger partial charge in [0.05, 0.1) is 116 Å². The molecule has 1 fully saturated rings. The summed E-state index contributed by atoms with van der Waals surface area (Å²) >= 11 is 0. The molecule has 24 heteroatoms. The van der Waals surface area contributed by atoms with Gasteiger partial charge in [-0.05, 0) is 109 Å². The molecule has 0 saturated carbocycles. The molecule has 4 heterocycles. The molecule has 0 aliphatic carbocycles. The summed E-state index contributed by atoms with van der Waals surface area (Å²) in [7, 11) is 4.86. The number of hydrogen-bond donors (Lipinski definition) is 3. The fraction of sp³-hybridized carbons (Fsp3) is 0.417. The van der Waals surface area contributed by atoms with Gasteiger partial charge in [-0.15, -0.1) is 0 Å². The number of aromatic carboxylic acids is 3. The molecular formula is C72H84N6O18. The number of ether oxygens (including phenoxy) is 12. The Morgan fingerprint density at radius 3 is 0.771 bits per heavy atom. The first-order valence-electron chi connectivity index (χ1n) is 31.5. The summed E-state index contributed by atoms with van der Waals surface area (Å²) in [6.45, 7) is 11.6. The lowest BCUT2D eigenvalue weighted by atomic mass is 10.1. The van der Waals surface area contributed by atoms with Crippen LogP contribution in [0.5, 0.6) is 17.2 Å². The van der Waals surface area contributed by atoms with Crippen LogP contribution in [-0.2, 0) is 62.3 Å². The second kappa shape index (κ2) is 43.2. The van der Waals surface area contributed by atoms with Crippen molar-refractivity contribution >= 4 is 17.9 Å². The largest absolute Gasteiger partial charge is 0.491 e. The first-order chi connectivity index (χ1) is 46.9. The molecule has 3 aromatic heterocycles. The molecule has 0 radical (unpaired) electrons. The van der Waals surface area contributed by atoms with E-state index < -0.39 is 17.9 Å². The van der Waals surface area contributed by atoms with Gasteiger partial charge in [-0.1, -0.05) is 35.5 Å². The predicted octanol–water partition coefficient (Wildman–Crippen LogP) is 6.16. The molecule has 6 aromatic rings. The van der Waals surface area contributed by atoms with Crippen LogP contribution in [0.15, 0.2) is 109 Å². The monoisotopic (exact) mass is 1320 g/mol. The first kappa shape index (κ1) is 74.5. The van der Waals surface area contributed by atoms with Crippen molar-refractivity contribution in [3.8, 4) is 52.8 Å². The molecule has 0 bridgehead atoms. The standard InChI is InChI=1S/C72H84N6O18/c1-85-28-31-88-34-37-91-40-43-94-64-16-10-55(11-17-64)4-7-58-46-61(73-67(49-58)70(79)80)52-76-22-24-77(53-62-47-59(50-68(74-62)71(81)82)8-5-56-12-18-65(19-13-56)95-44-41-92-38-35-89-32-29-86-2)26-27-78(25-23-76)54-63-48-60(51-69(75-63)72(83)84)9-6-57-14-20-66(21-15-57)96-45-42-93-39-36-90-33-30-87-3/h10-21,46-51H,22-45,52-54H2,1-3H3,(H,79,80)(H,81,82)(H,83,84). The van der Waals surface area contributed by atoms with Gasteiger partial charge in [0.15, 0.2) is 0 Å². The number of benzene rings is 3. The molecular weight excluding hydrogens is 1240 g/mol. The van der Waals surface area contributed by atoms with Crippen molar-refractivity contribution in [2.24, 2.45) is 0 Å². The summed E-state index contributed by atoms with van der Waals surface area (Å²) in [6, 6.07) is 31.4. The van der Waals surface area contributed by atoms with Gasteiger partial charge in [-0.2, -0.15) is 0 Å². The van der Waals surface area contributed by atoms with Gasteiger partial charge in [-0.3, -0.25) is 14.7 Å². The van der Waals surface area contributed by atoms with E-state index in [1.54, 1.807) is 75.9 Å². The molecule has 7 rings (SSSR count). The zero-order chi connectivity index (χ0) is 67.8. The van der Waals surface area contributed by atoms with Crippen molar-refractivity contribution in [1.82, 2.24) is 29.7 Å². The zero-order valence-electron chi connectivity index (χ0n) is 54.6. The number of aromatic nitrogens is 3. The lowest BCUT2D eigenvalue weighted by Crippen LogP contribution is -2.36. The number of hydrogen-bond acceptors (Lipinski definition) is 21. The molecule has 3 N–H and O–H groups in total. The van der Waals surface area contributed by atoms with Crippen LogP contribution in [0.25, 0.3) is 0 Å². The van der Waals surface area contributed by atoms with E-state index in [9.17, 15) is 29.7 Å². The molecule has 1 aliphatic rings. The third-order valence-corrected chi connectivity index (χ3v) is 14.2. The Labute approximate surface area is 560 Å². The van der Waals surface area contributed by atoms with Gasteiger partial charge in [0.1, 0.15) is 54.2 Å². The SMILES string of the molecule is COCCOCCOCCOc1ccc(C#Cc2cc(CN3CCN(Cc4cc(C#Cc5ccc(OCCOCCOCCOC)cc5)cc(C(=O)O)n4)CCN(Cc4cc(C#Cc5ccc(OCCOCCOCCOC)cc5)cc(C(=O)O)n4)CC3)nc(C(=O)O)c2)cc1. The molecule has 1 saturated heterocycles. The lowest BCUT2D eigenvalue weighted by Gasteiger charge is -2.25. The van der Waals surface area contributed by atoms with Crippen molar-refractivity contribution in [1.29, 1.82) is 0 Å². The second-order valence-corrected chi connectivity index (χ2v) is 21.5. The van der Waals surface area contributed by atoms with E-state index >= 15 is 0 Å². The van der Waals surface area contributed by atoms with E-state index in [-0.39, 0.29) is 36.7 Å². The van der Waals surface area contributed by atoms with Gasteiger partial charge in [0.2, 0.25) is 0 Å². The minimum Gasteiger partial charge on any atom is -0.491 e. The number of carboxylic acid groups (broad SMARTS) is 3. The van der Waals surface area contributed by atoms with Gasteiger partial charge in [-0.25, -0.2) is 29.3 Å². The van der Waals surface area contributed by atoms with E-state index in [0.717, 1.165) is 0 Å². The van der Waals surface area contributed by atoms with Gasteiger partial charge in [0.25, 0.3) is 0 Å². The van der Waals surface area contributed by atoms with Crippen molar-refractivity contribution in [2.75, 3.05) is 180 Å².